The first-order chi connectivity index (χ1) is 9.65. The number of nitro groups is 1. The molecule has 1 heterocycles. The lowest BCUT2D eigenvalue weighted by molar-refractivity contribution is -0.383. The number of nitrogen functional groups attached to an aromatic ring is 1. The minimum atomic E-state index is -0.474. The lowest BCUT2D eigenvalue weighted by Crippen LogP contribution is -1.93. The zero-order valence-electron chi connectivity index (χ0n) is 10.1. The molecule has 0 fully saturated rings. The predicted octanol–water partition coefficient (Wildman–Crippen LogP) is 3.58. The first-order valence-corrected chi connectivity index (χ1v) is 6.53. The van der Waals surface area contributed by atoms with Crippen LogP contribution in [0.4, 0.5) is 10.8 Å². The van der Waals surface area contributed by atoms with Crippen molar-refractivity contribution in [3.05, 3.63) is 52.6 Å². The number of aromatic nitrogens is 1. The number of ether oxygens (including phenoxy) is 1. The van der Waals surface area contributed by atoms with Crippen molar-refractivity contribution in [1.82, 2.24) is 4.98 Å². The number of nitrogens with two attached hydrogens (primary N) is 1. The van der Waals surface area contributed by atoms with E-state index in [1.54, 1.807) is 30.3 Å². The first-order valence-electron chi connectivity index (χ1n) is 5.71. The van der Waals surface area contributed by atoms with Crippen molar-refractivity contribution in [2.75, 3.05) is 5.73 Å². The molecule has 2 aromatic carbocycles. The smallest absolute Gasteiger partial charge is 0.330 e. The van der Waals surface area contributed by atoms with Gasteiger partial charge in [0.15, 0.2) is 5.13 Å². The second kappa shape index (κ2) is 4.78. The van der Waals surface area contributed by atoms with Crippen LogP contribution >= 0.6 is 11.3 Å². The maximum atomic E-state index is 11.3. The Balaban J connectivity index is 2.15. The third kappa shape index (κ3) is 2.14. The fraction of sp³-hybridized carbons (Fsp3) is 0. The number of nitrogens with zero attached hydrogens (tertiary/aromatic N) is 2. The van der Waals surface area contributed by atoms with Gasteiger partial charge in [0, 0.05) is 0 Å². The highest BCUT2D eigenvalue weighted by Gasteiger charge is 2.23. The summed E-state index contributed by atoms with van der Waals surface area (Å²) < 4.78 is 6.00. The molecular weight excluding hydrogens is 278 g/mol. The Labute approximate surface area is 117 Å². The Morgan fingerprint density at radius 1 is 1.20 bits per heavy atom. The Hall–Kier alpha value is -2.67. The van der Waals surface area contributed by atoms with Crippen LogP contribution in [0, 0.1) is 10.1 Å². The number of anilines is 1. The van der Waals surface area contributed by atoms with Gasteiger partial charge in [-0.1, -0.05) is 29.5 Å². The molecule has 0 radical (unpaired) electrons. The van der Waals surface area contributed by atoms with Crippen LogP contribution in [0.5, 0.6) is 11.5 Å². The zero-order chi connectivity index (χ0) is 14.1. The molecule has 6 nitrogen and oxygen atoms in total. The van der Waals surface area contributed by atoms with E-state index in [2.05, 4.69) is 4.98 Å². The molecule has 0 aliphatic heterocycles. The number of rotatable bonds is 3. The molecule has 0 amide bonds. The molecule has 0 saturated carbocycles. The average Bonchev–Trinajstić information content (AvgIpc) is 2.79. The van der Waals surface area contributed by atoms with Crippen LogP contribution < -0.4 is 10.5 Å². The highest BCUT2D eigenvalue weighted by molar-refractivity contribution is 7.22. The topological polar surface area (TPSA) is 91.3 Å². The molecule has 0 aliphatic rings. The number of fused-ring (bicyclic) bond motifs is 1. The van der Waals surface area contributed by atoms with Crippen molar-refractivity contribution in [2.45, 2.75) is 0 Å². The minimum absolute atomic E-state index is 0.111. The molecule has 0 atom stereocenters. The summed E-state index contributed by atoms with van der Waals surface area (Å²) >= 11 is 1.08. The fourth-order valence-corrected chi connectivity index (χ4v) is 2.69. The van der Waals surface area contributed by atoms with E-state index in [9.17, 15) is 10.1 Å². The van der Waals surface area contributed by atoms with Gasteiger partial charge in [0.2, 0.25) is 5.75 Å². The maximum absolute atomic E-state index is 11.3. The maximum Gasteiger partial charge on any atom is 0.330 e. The summed E-state index contributed by atoms with van der Waals surface area (Å²) in [6.07, 6.45) is 0. The third-order valence-electron chi connectivity index (χ3n) is 2.66. The van der Waals surface area contributed by atoms with Crippen LogP contribution in [0.2, 0.25) is 0 Å². The summed E-state index contributed by atoms with van der Waals surface area (Å²) in [7, 11) is 0. The van der Waals surface area contributed by atoms with Crippen molar-refractivity contribution in [2.24, 2.45) is 0 Å². The van der Waals surface area contributed by atoms with E-state index < -0.39 is 4.92 Å². The summed E-state index contributed by atoms with van der Waals surface area (Å²) in [5.74, 6) is 0.713. The van der Waals surface area contributed by atoms with Crippen molar-refractivity contribution in [1.29, 1.82) is 0 Å². The lowest BCUT2D eigenvalue weighted by atomic mass is 10.2. The van der Waals surface area contributed by atoms with Gasteiger partial charge in [-0.15, -0.1) is 0 Å². The number of thiazole rings is 1. The van der Waals surface area contributed by atoms with Crippen LogP contribution in [0.1, 0.15) is 0 Å². The highest BCUT2D eigenvalue weighted by atomic mass is 32.1. The molecule has 3 aromatic rings. The standard InChI is InChI=1S/C13H9N3O3S/c14-13-15-9-6-7-10(11(16(17)18)12(9)20-13)19-8-4-2-1-3-5-8/h1-7H,(H2,14,15). The van der Waals surface area contributed by atoms with E-state index in [0.717, 1.165) is 11.3 Å². The molecule has 0 spiro atoms. The molecule has 100 valence electrons. The van der Waals surface area contributed by atoms with E-state index >= 15 is 0 Å². The third-order valence-corrected chi connectivity index (χ3v) is 3.57. The van der Waals surface area contributed by atoms with E-state index in [-0.39, 0.29) is 11.4 Å². The second-order valence-electron chi connectivity index (χ2n) is 3.98. The molecule has 0 aliphatic carbocycles. The van der Waals surface area contributed by atoms with Crippen LogP contribution in [0.25, 0.3) is 10.2 Å². The lowest BCUT2D eigenvalue weighted by Gasteiger charge is -2.06. The number of benzene rings is 2. The Bertz CT molecular complexity index is 786. The van der Waals surface area contributed by atoms with Gasteiger partial charge >= 0.3 is 5.69 Å². The fourth-order valence-electron chi connectivity index (χ4n) is 1.85. The molecular formula is C13H9N3O3S. The Morgan fingerprint density at radius 2 is 1.95 bits per heavy atom. The van der Waals surface area contributed by atoms with Crippen molar-refractivity contribution in [3.63, 3.8) is 0 Å². The molecule has 1 aromatic heterocycles. The summed E-state index contributed by atoms with van der Waals surface area (Å²) in [6, 6.07) is 12.1. The van der Waals surface area contributed by atoms with Gasteiger partial charge in [0.25, 0.3) is 0 Å². The van der Waals surface area contributed by atoms with E-state index in [0.29, 0.717) is 21.1 Å². The zero-order valence-corrected chi connectivity index (χ0v) is 11.0. The van der Waals surface area contributed by atoms with Crippen LogP contribution in [0.15, 0.2) is 42.5 Å². The molecule has 0 unspecified atom stereocenters. The number of nitro benzene ring substituents is 1. The molecule has 3 rings (SSSR count). The van der Waals surface area contributed by atoms with Crippen molar-refractivity contribution in [3.8, 4) is 11.5 Å². The normalized spacial score (nSPS) is 10.6. The van der Waals surface area contributed by atoms with Crippen molar-refractivity contribution < 1.29 is 9.66 Å². The molecule has 7 heteroatoms. The largest absolute Gasteiger partial charge is 0.450 e. The number of hydrogen-bond donors (Lipinski definition) is 1. The van der Waals surface area contributed by atoms with Crippen LogP contribution in [-0.2, 0) is 0 Å². The number of hydrogen-bond acceptors (Lipinski definition) is 6. The quantitative estimate of drug-likeness (QED) is 0.587. The minimum Gasteiger partial charge on any atom is -0.450 e. The van der Waals surface area contributed by atoms with Gasteiger partial charge in [-0.05, 0) is 24.3 Å². The first kappa shape index (κ1) is 12.4. The van der Waals surface area contributed by atoms with E-state index in [1.165, 1.54) is 6.07 Å². The van der Waals surface area contributed by atoms with E-state index in [4.69, 9.17) is 10.5 Å². The predicted molar refractivity (Wildman–Crippen MR) is 77.2 cm³/mol. The summed E-state index contributed by atoms with van der Waals surface area (Å²) in [6.45, 7) is 0. The number of para-hydroxylation sites is 1. The van der Waals surface area contributed by atoms with Gasteiger partial charge < -0.3 is 10.5 Å². The van der Waals surface area contributed by atoms with Gasteiger partial charge in [-0.25, -0.2) is 4.98 Å². The Kier molecular flexibility index (Phi) is 2.96. The van der Waals surface area contributed by atoms with Crippen molar-refractivity contribution >= 4 is 32.4 Å². The monoisotopic (exact) mass is 287 g/mol. The van der Waals surface area contributed by atoms with Gasteiger partial charge in [-0.3, -0.25) is 10.1 Å². The van der Waals surface area contributed by atoms with Gasteiger partial charge in [0.1, 0.15) is 10.4 Å². The van der Waals surface area contributed by atoms with Crippen LogP contribution in [-0.4, -0.2) is 9.91 Å². The molecule has 20 heavy (non-hydrogen) atoms. The second-order valence-corrected chi connectivity index (χ2v) is 5.02. The highest BCUT2D eigenvalue weighted by Crippen LogP contribution is 2.40. The summed E-state index contributed by atoms with van der Waals surface area (Å²) in [5.41, 5.74) is 6.00. The van der Waals surface area contributed by atoms with Gasteiger partial charge in [-0.2, -0.15) is 0 Å². The molecule has 0 saturated heterocycles. The van der Waals surface area contributed by atoms with Crippen LogP contribution in [0.3, 0.4) is 0 Å². The van der Waals surface area contributed by atoms with E-state index in [1.807, 2.05) is 6.07 Å². The summed E-state index contributed by atoms with van der Waals surface area (Å²) in [5, 5.41) is 11.6. The van der Waals surface area contributed by atoms with Gasteiger partial charge in [0.05, 0.1) is 10.4 Å². The summed E-state index contributed by atoms with van der Waals surface area (Å²) in [4.78, 5) is 14.9. The Morgan fingerprint density at radius 3 is 2.65 bits per heavy atom. The molecule has 2 N–H and O–H groups in total. The average molecular weight is 287 g/mol. The SMILES string of the molecule is Nc1nc2ccc(Oc3ccccc3)c([N+](=O)[O-])c2s1. The molecule has 0 bridgehead atoms.